The van der Waals surface area contributed by atoms with Crippen LogP contribution in [0.2, 0.25) is 0 Å². The molecule has 0 bridgehead atoms. The summed E-state index contributed by atoms with van der Waals surface area (Å²) in [5.41, 5.74) is 4.31. The van der Waals surface area contributed by atoms with Gasteiger partial charge in [0.25, 0.3) is 5.56 Å². The predicted octanol–water partition coefficient (Wildman–Crippen LogP) is 2.53. The fourth-order valence-corrected chi connectivity index (χ4v) is 1.86. The molecule has 2 N–H and O–H groups in total. The van der Waals surface area contributed by atoms with Crippen molar-refractivity contribution in [2.45, 2.75) is 12.7 Å². The molecule has 1 aromatic heterocycles. The van der Waals surface area contributed by atoms with E-state index in [1.54, 1.807) is 24.3 Å². The zero-order chi connectivity index (χ0) is 15.5. The van der Waals surface area contributed by atoms with E-state index in [1.807, 2.05) is 0 Å². The van der Waals surface area contributed by atoms with Crippen molar-refractivity contribution < 1.29 is 17.9 Å². The first-order valence-corrected chi connectivity index (χ1v) is 6.14. The molecule has 0 aliphatic heterocycles. The van der Waals surface area contributed by atoms with Crippen molar-refractivity contribution >= 4 is 5.69 Å². The molecule has 1 aromatic carbocycles. The summed E-state index contributed by atoms with van der Waals surface area (Å²) in [7, 11) is 0. The van der Waals surface area contributed by atoms with Gasteiger partial charge in [-0.15, -0.1) is 0 Å². The van der Waals surface area contributed by atoms with E-state index in [-0.39, 0.29) is 13.2 Å². The first-order valence-electron chi connectivity index (χ1n) is 6.14. The molecular weight excluding hydrogens is 285 g/mol. The second-order valence-corrected chi connectivity index (χ2v) is 4.28. The van der Waals surface area contributed by atoms with Gasteiger partial charge in [0, 0.05) is 6.07 Å². The van der Waals surface area contributed by atoms with E-state index in [0.717, 1.165) is 18.2 Å². The fraction of sp³-hybridized carbons (Fsp3) is 0.214. The van der Waals surface area contributed by atoms with E-state index in [4.69, 9.17) is 10.5 Å². The van der Waals surface area contributed by atoms with E-state index >= 15 is 0 Å². The summed E-state index contributed by atoms with van der Waals surface area (Å²) >= 11 is 0. The quantitative estimate of drug-likeness (QED) is 0.882. The highest BCUT2D eigenvalue weighted by Crippen LogP contribution is 2.28. The predicted molar refractivity (Wildman–Crippen MR) is 72.1 cm³/mol. The van der Waals surface area contributed by atoms with Crippen LogP contribution >= 0.6 is 0 Å². The molecular formula is C14H13F3N2O2. The molecule has 112 valence electrons. The summed E-state index contributed by atoms with van der Waals surface area (Å²) in [5, 5.41) is 0. The second-order valence-electron chi connectivity index (χ2n) is 4.28. The molecule has 0 atom stereocenters. The standard InChI is InChI=1S/C14H13F3N2O2/c15-14(16,17)12-6-3-7-13(20)19(12)8-9-21-11-5-2-1-4-10(11)18/h1-7H,8-9,18H2. The molecule has 0 unspecified atom stereocenters. The highest BCUT2D eigenvalue weighted by atomic mass is 19.4. The maximum Gasteiger partial charge on any atom is 0.431 e. The Morgan fingerprint density at radius 1 is 1.10 bits per heavy atom. The van der Waals surface area contributed by atoms with Gasteiger partial charge in [-0.3, -0.25) is 4.79 Å². The summed E-state index contributed by atoms with van der Waals surface area (Å²) in [6, 6.07) is 9.65. The number of alkyl halides is 3. The lowest BCUT2D eigenvalue weighted by molar-refractivity contribution is -0.144. The van der Waals surface area contributed by atoms with Crippen LogP contribution in [0.1, 0.15) is 5.69 Å². The van der Waals surface area contributed by atoms with Gasteiger partial charge in [0.15, 0.2) is 0 Å². The Morgan fingerprint density at radius 3 is 2.48 bits per heavy atom. The average Bonchev–Trinajstić information content (AvgIpc) is 2.41. The largest absolute Gasteiger partial charge is 0.490 e. The summed E-state index contributed by atoms with van der Waals surface area (Å²) in [6.07, 6.45) is -4.59. The van der Waals surface area contributed by atoms with Crippen LogP contribution in [0.4, 0.5) is 18.9 Å². The molecule has 0 amide bonds. The number of halogens is 3. The summed E-state index contributed by atoms with van der Waals surface area (Å²) < 4.78 is 44.4. The number of para-hydroxylation sites is 2. The van der Waals surface area contributed by atoms with Crippen LogP contribution in [-0.2, 0) is 12.7 Å². The zero-order valence-electron chi connectivity index (χ0n) is 10.9. The molecule has 0 fully saturated rings. The number of anilines is 1. The van der Waals surface area contributed by atoms with Crippen LogP contribution in [0.5, 0.6) is 5.75 Å². The van der Waals surface area contributed by atoms with Gasteiger partial charge in [-0.1, -0.05) is 18.2 Å². The summed E-state index contributed by atoms with van der Waals surface area (Å²) in [4.78, 5) is 11.6. The van der Waals surface area contributed by atoms with Gasteiger partial charge in [-0.05, 0) is 18.2 Å². The highest BCUT2D eigenvalue weighted by molar-refractivity contribution is 5.51. The first kappa shape index (κ1) is 15.0. The molecule has 1 heterocycles. The third-order valence-corrected chi connectivity index (χ3v) is 2.83. The molecule has 2 rings (SSSR count). The van der Waals surface area contributed by atoms with E-state index in [0.29, 0.717) is 16.0 Å². The van der Waals surface area contributed by atoms with E-state index in [9.17, 15) is 18.0 Å². The maximum atomic E-state index is 12.8. The van der Waals surface area contributed by atoms with Crippen molar-refractivity contribution in [3.63, 3.8) is 0 Å². The van der Waals surface area contributed by atoms with E-state index in [2.05, 4.69) is 0 Å². The Hall–Kier alpha value is -2.44. The van der Waals surface area contributed by atoms with Gasteiger partial charge >= 0.3 is 6.18 Å². The molecule has 0 aliphatic carbocycles. The van der Waals surface area contributed by atoms with Gasteiger partial charge in [0.05, 0.1) is 12.2 Å². The third-order valence-electron chi connectivity index (χ3n) is 2.83. The van der Waals surface area contributed by atoms with Crippen LogP contribution in [0.3, 0.4) is 0 Å². The van der Waals surface area contributed by atoms with Crippen molar-refractivity contribution in [3.05, 3.63) is 58.5 Å². The number of nitrogens with zero attached hydrogens (tertiary/aromatic N) is 1. The minimum absolute atomic E-state index is 0.0960. The third kappa shape index (κ3) is 3.56. The molecule has 0 radical (unpaired) electrons. The van der Waals surface area contributed by atoms with Gasteiger partial charge in [0.1, 0.15) is 18.1 Å². The van der Waals surface area contributed by atoms with Crippen molar-refractivity contribution in [2.75, 3.05) is 12.3 Å². The molecule has 4 nitrogen and oxygen atoms in total. The number of benzene rings is 1. The highest BCUT2D eigenvalue weighted by Gasteiger charge is 2.34. The Labute approximate surface area is 118 Å². The Morgan fingerprint density at radius 2 is 1.81 bits per heavy atom. The number of hydrogen-bond acceptors (Lipinski definition) is 3. The smallest absolute Gasteiger partial charge is 0.431 e. The topological polar surface area (TPSA) is 57.2 Å². The zero-order valence-corrected chi connectivity index (χ0v) is 10.9. The van der Waals surface area contributed by atoms with Crippen LogP contribution < -0.4 is 16.0 Å². The number of rotatable bonds is 4. The lowest BCUT2D eigenvalue weighted by atomic mass is 10.3. The molecule has 0 aliphatic rings. The van der Waals surface area contributed by atoms with Crippen molar-refractivity contribution in [1.82, 2.24) is 4.57 Å². The molecule has 21 heavy (non-hydrogen) atoms. The number of hydrogen-bond donors (Lipinski definition) is 1. The first-order chi connectivity index (χ1) is 9.89. The number of nitrogen functional groups attached to an aromatic ring is 1. The SMILES string of the molecule is Nc1ccccc1OCCn1c(C(F)(F)F)cccc1=O. The second kappa shape index (κ2) is 5.90. The lowest BCUT2D eigenvalue weighted by Gasteiger charge is -2.15. The molecule has 0 spiro atoms. The van der Waals surface area contributed by atoms with Crippen LogP contribution in [0, 0.1) is 0 Å². The summed E-state index contributed by atoms with van der Waals surface area (Å²) in [6.45, 7) is -0.315. The van der Waals surface area contributed by atoms with Gasteiger partial charge < -0.3 is 15.0 Å². The molecule has 2 aromatic rings. The minimum atomic E-state index is -4.59. The van der Waals surface area contributed by atoms with Crippen LogP contribution in [0.15, 0.2) is 47.3 Å². The molecule has 0 saturated carbocycles. The Bertz CT molecular complexity index is 680. The van der Waals surface area contributed by atoms with Crippen molar-refractivity contribution in [2.24, 2.45) is 0 Å². The van der Waals surface area contributed by atoms with Crippen LogP contribution in [-0.4, -0.2) is 11.2 Å². The summed E-state index contributed by atoms with van der Waals surface area (Å²) in [5.74, 6) is 0.370. The van der Waals surface area contributed by atoms with Crippen molar-refractivity contribution in [3.8, 4) is 5.75 Å². The van der Waals surface area contributed by atoms with Crippen molar-refractivity contribution in [1.29, 1.82) is 0 Å². The Balaban J connectivity index is 2.14. The number of pyridine rings is 1. The molecule has 7 heteroatoms. The monoisotopic (exact) mass is 298 g/mol. The van der Waals surface area contributed by atoms with E-state index in [1.165, 1.54) is 0 Å². The number of ether oxygens (including phenoxy) is 1. The lowest BCUT2D eigenvalue weighted by Crippen LogP contribution is -2.29. The average molecular weight is 298 g/mol. The number of nitrogens with two attached hydrogens (primary N) is 1. The minimum Gasteiger partial charge on any atom is -0.490 e. The molecule has 0 saturated heterocycles. The maximum absolute atomic E-state index is 12.8. The Kier molecular flexibility index (Phi) is 4.21. The fourth-order valence-electron chi connectivity index (χ4n) is 1.86. The number of aromatic nitrogens is 1. The van der Waals surface area contributed by atoms with Gasteiger partial charge in [0.2, 0.25) is 0 Å². The van der Waals surface area contributed by atoms with Crippen LogP contribution in [0.25, 0.3) is 0 Å². The normalized spacial score (nSPS) is 11.4. The van der Waals surface area contributed by atoms with E-state index < -0.39 is 17.4 Å². The van der Waals surface area contributed by atoms with Gasteiger partial charge in [-0.25, -0.2) is 0 Å². The van der Waals surface area contributed by atoms with Gasteiger partial charge in [-0.2, -0.15) is 13.2 Å².